The lowest BCUT2D eigenvalue weighted by atomic mass is 10.00. The minimum atomic E-state index is -4.60. The minimum Gasteiger partial charge on any atom is -0.462 e. The van der Waals surface area contributed by atoms with Gasteiger partial charge in [-0.25, -0.2) is 0 Å². The Labute approximate surface area is 396 Å². The Morgan fingerprint density at radius 2 is 0.923 bits per heavy atom. The molecule has 0 bridgehead atoms. The van der Waals surface area contributed by atoms with Gasteiger partial charge in [-0.05, 0) is 44.9 Å². The Morgan fingerprint density at radius 3 is 1.37 bits per heavy atom. The normalized spacial score (nSPS) is 19.6. The van der Waals surface area contributed by atoms with Crippen LogP contribution < -0.4 is 0 Å². The van der Waals surface area contributed by atoms with E-state index in [9.17, 15) is 37.9 Å². The molecule has 12 nitrogen and oxygen atoms in total. The molecule has 4 N–H and O–H groups in total. The summed E-state index contributed by atoms with van der Waals surface area (Å²) >= 11 is 0. The van der Waals surface area contributed by atoms with E-state index in [4.69, 9.17) is 18.9 Å². The number of carbonyl (C=O) groups excluding carboxylic acids is 2. The minimum absolute atomic E-state index is 0.151. The number of aliphatic hydroxyl groups excluding tert-OH is 3. The molecule has 65 heavy (non-hydrogen) atoms. The zero-order chi connectivity index (χ0) is 47.6. The number of rotatable bonds is 45. The number of carbonyl (C=O) groups is 2. The summed E-state index contributed by atoms with van der Waals surface area (Å²) in [6.07, 6.45) is 39.3. The number of ether oxygens (including phenoxy) is 4. The van der Waals surface area contributed by atoms with Crippen LogP contribution in [0.5, 0.6) is 0 Å². The quantitative estimate of drug-likeness (QED) is 0.0196. The Balaban J connectivity index is 2.35. The Hall–Kier alpha value is -1.87. The van der Waals surface area contributed by atoms with Gasteiger partial charge in [-0.3, -0.25) is 14.1 Å². The van der Waals surface area contributed by atoms with E-state index in [1.54, 1.807) is 0 Å². The number of hydrogen-bond acceptors (Lipinski definition) is 11. The molecule has 0 aromatic heterocycles. The number of unbranched alkanes of at least 4 members (excludes halogenated alkanes) is 29. The third kappa shape index (κ3) is 36.8. The van der Waals surface area contributed by atoms with Crippen LogP contribution in [0.25, 0.3) is 0 Å². The van der Waals surface area contributed by atoms with E-state index in [0.717, 1.165) is 64.2 Å². The van der Waals surface area contributed by atoms with Crippen molar-refractivity contribution in [2.75, 3.05) is 19.0 Å². The van der Waals surface area contributed by atoms with Gasteiger partial charge in [-0.1, -0.05) is 205 Å². The summed E-state index contributed by atoms with van der Waals surface area (Å²) in [6.45, 7) is 3.77. The fraction of sp³-hybridized carbons (Fsp3) is 0.885. The number of aliphatic hydroxyl groups is 3. The Morgan fingerprint density at radius 1 is 0.523 bits per heavy atom. The largest absolute Gasteiger partial charge is 0.462 e. The lowest BCUT2D eigenvalue weighted by Crippen LogP contribution is -2.60. The molecule has 1 saturated heterocycles. The predicted molar refractivity (Wildman–Crippen MR) is 261 cm³/mol. The molecule has 6 atom stereocenters. The van der Waals surface area contributed by atoms with Crippen molar-refractivity contribution in [3.8, 4) is 0 Å². The van der Waals surface area contributed by atoms with Gasteiger partial charge in [0.2, 0.25) is 0 Å². The van der Waals surface area contributed by atoms with Crippen LogP contribution in [-0.2, 0) is 38.7 Å². The molecule has 0 spiro atoms. The molecule has 0 aliphatic carbocycles. The first-order valence-electron chi connectivity index (χ1n) is 26.4. The highest BCUT2D eigenvalue weighted by molar-refractivity contribution is 7.85. The summed E-state index contributed by atoms with van der Waals surface area (Å²) in [5, 5.41) is 31.0. The Bertz CT molecular complexity index is 1290. The third-order valence-electron chi connectivity index (χ3n) is 12.3. The molecule has 13 heteroatoms. The van der Waals surface area contributed by atoms with Crippen LogP contribution in [0.2, 0.25) is 0 Å². The summed E-state index contributed by atoms with van der Waals surface area (Å²) in [4.78, 5) is 25.5. The second-order valence-electron chi connectivity index (χ2n) is 18.5. The fourth-order valence-corrected chi connectivity index (χ4v) is 8.87. The van der Waals surface area contributed by atoms with Crippen LogP contribution in [-0.4, -0.2) is 96.0 Å². The molecule has 1 rings (SSSR count). The van der Waals surface area contributed by atoms with Crippen LogP contribution in [0.3, 0.4) is 0 Å². The van der Waals surface area contributed by atoms with Crippen LogP contribution >= 0.6 is 0 Å². The molecule has 6 unspecified atom stereocenters. The molecule has 1 heterocycles. The molecule has 0 amide bonds. The van der Waals surface area contributed by atoms with Gasteiger partial charge in [0.15, 0.2) is 12.4 Å². The molecule has 1 aliphatic rings. The molecular formula is C52H96O12S. The maximum Gasteiger partial charge on any atom is 0.306 e. The molecule has 1 aliphatic heterocycles. The second kappa shape index (κ2) is 42.2. The van der Waals surface area contributed by atoms with Crippen molar-refractivity contribution >= 4 is 22.1 Å². The van der Waals surface area contributed by atoms with Crippen LogP contribution in [0.1, 0.15) is 239 Å². The van der Waals surface area contributed by atoms with Gasteiger partial charge in [-0.2, -0.15) is 8.42 Å². The topological polar surface area (TPSA) is 186 Å². The van der Waals surface area contributed by atoms with Gasteiger partial charge >= 0.3 is 11.9 Å². The third-order valence-corrected chi connectivity index (χ3v) is 13.0. The first-order chi connectivity index (χ1) is 31.5. The molecule has 0 radical (unpaired) electrons. The zero-order valence-corrected chi connectivity index (χ0v) is 41.9. The van der Waals surface area contributed by atoms with Crippen molar-refractivity contribution in [3.05, 3.63) is 24.3 Å². The fourth-order valence-electron chi connectivity index (χ4n) is 8.18. The summed E-state index contributed by atoms with van der Waals surface area (Å²) in [7, 11) is -4.60. The van der Waals surface area contributed by atoms with E-state index in [2.05, 4.69) is 38.2 Å². The van der Waals surface area contributed by atoms with E-state index in [1.807, 2.05) is 0 Å². The lowest BCUT2D eigenvalue weighted by Gasteiger charge is -2.40. The monoisotopic (exact) mass is 945 g/mol. The maximum absolute atomic E-state index is 12.9. The van der Waals surface area contributed by atoms with Gasteiger partial charge in [0, 0.05) is 12.8 Å². The van der Waals surface area contributed by atoms with Gasteiger partial charge in [0.05, 0.1) is 6.61 Å². The lowest BCUT2D eigenvalue weighted by molar-refractivity contribution is -0.297. The molecule has 0 aromatic carbocycles. The van der Waals surface area contributed by atoms with Crippen molar-refractivity contribution in [1.29, 1.82) is 0 Å². The summed E-state index contributed by atoms with van der Waals surface area (Å²) in [5.41, 5.74) is 0. The highest BCUT2D eigenvalue weighted by atomic mass is 32.2. The number of esters is 2. The Kier molecular flexibility index (Phi) is 39.7. The average molecular weight is 945 g/mol. The maximum atomic E-state index is 12.9. The van der Waals surface area contributed by atoms with Crippen molar-refractivity contribution < 1.29 is 56.8 Å². The first kappa shape index (κ1) is 61.1. The first-order valence-corrected chi connectivity index (χ1v) is 28.0. The smallest absolute Gasteiger partial charge is 0.306 e. The average Bonchev–Trinajstić information content (AvgIpc) is 3.27. The highest BCUT2D eigenvalue weighted by Crippen LogP contribution is 2.24. The van der Waals surface area contributed by atoms with Crippen molar-refractivity contribution in [2.24, 2.45) is 0 Å². The van der Waals surface area contributed by atoms with Crippen LogP contribution in [0, 0.1) is 0 Å². The van der Waals surface area contributed by atoms with Crippen molar-refractivity contribution in [3.63, 3.8) is 0 Å². The molecule has 0 aromatic rings. The molecule has 1 fully saturated rings. The van der Waals surface area contributed by atoms with E-state index >= 15 is 0 Å². The van der Waals surface area contributed by atoms with Gasteiger partial charge < -0.3 is 34.3 Å². The summed E-state index contributed by atoms with van der Waals surface area (Å²) < 4.78 is 54.2. The van der Waals surface area contributed by atoms with E-state index < -0.39 is 71.2 Å². The van der Waals surface area contributed by atoms with Crippen LogP contribution in [0.4, 0.5) is 0 Å². The summed E-state index contributed by atoms with van der Waals surface area (Å²) in [5.74, 6) is -1.99. The standard InChI is InChI=1S/C52H96O12S/c1-3-5-7-9-11-13-15-17-19-21-22-23-24-25-27-28-30-32-34-36-38-40-47(53)61-42-45(43-62-52-51(57)50(56)49(55)46(64-52)44-65(58,59)60)63-48(54)41-39-37-35-33-31-29-26-20-18-16-14-12-10-8-6-4-2/h14,16,20,26,45-46,49-52,55-57H,3-13,15,17-19,21-25,27-44H2,1-2H3,(H,58,59,60)/b16-14-,26-20-. The predicted octanol–water partition coefficient (Wildman–Crippen LogP) is 12.0. The van der Waals surface area contributed by atoms with Gasteiger partial charge in [0.1, 0.15) is 36.8 Å². The van der Waals surface area contributed by atoms with Crippen LogP contribution in [0.15, 0.2) is 24.3 Å². The summed E-state index contributed by atoms with van der Waals surface area (Å²) in [6, 6.07) is 0. The SMILES string of the molecule is CCCCCC/C=C\C/C=C\CCCCCCCC(=O)OC(COC(=O)CCCCCCCCCCCCCCCCCCCCCCC)COC1OC(CS(=O)(=O)O)C(O)C(O)C1O. The number of hydrogen-bond donors (Lipinski definition) is 4. The zero-order valence-electron chi connectivity index (χ0n) is 41.1. The molecular weight excluding hydrogens is 849 g/mol. The van der Waals surface area contributed by atoms with Crippen molar-refractivity contribution in [2.45, 2.75) is 275 Å². The van der Waals surface area contributed by atoms with E-state index in [1.165, 1.54) is 135 Å². The molecule has 382 valence electrons. The highest BCUT2D eigenvalue weighted by Gasteiger charge is 2.46. The van der Waals surface area contributed by atoms with Gasteiger partial charge in [0.25, 0.3) is 10.1 Å². The van der Waals surface area contributed by atoms with Gasteiger partial charge in [-0.15, -0.1) is 0 Å². The van der Waals surface area contributed by atoms with Crippen molar-refractivity contribution in [1.82, 2.24) is 0 Å². The number of allylic oxidation sites excluding steroid dienone is 4. The second-order valence-corrected chi connectivity index (χ2v) is 20.0. The van der Waals surface area contributed by atoms with E-state index in [0.29, 0.717) is 12.8 Å². The van der Waals surface area contributed by atoms with E-state index in [-0.39, 0.29) is 19.4 Å². The molecule has 0 saturated carbocycles.